The van der Waals surface area contributed by atoms with Crippen molar-refractivity contribution in [2.24, 2.45) is 0 Å². The highest BCUT2D eigenvalue weighted by atomic mass is 16.8. The average Bonchev–Trinajstić information content (AvgIpc) is 2.69. The first-order valence-electron chi connectivity index (χ1n) is 3.18. The highest BCUT2D eigenvalue weighted by molar-refractivity contribution is 5.07. The highest BCUT2D eigenvalue weighted by Crippen LogP contribution is 2.32. The first-order valence-corrected chi connectivity index (χ1v) is 3.18. The van der Waals surface area contributed by atoms with Gasteiger partial charge in [-0.15, -0.1) is 0 Å². The van der Waals surface area contributed by atoms with Crippen molar-refractivity contribution in [1.29, 1.82) is 0 Å². The molecule has 0 spiro atoms. The first kappa shape index (κ1) is 5.82. The van der Waals surface area contributed by atoms with Gasteiger partial charge in [-0.2, -0.15) is 5.06 Å². The van der Waals surface area contributed by atoms with E-state index in [2.05, 4.69) is 4.98 Å². The molecule has 2 rings (SSSR count). The van der Waals surface area contributed by atoms with Crippen molar-refractivity contribution in [1.82, 2.24) is 10.0 Å². The number of aromatic nitrogens is 1. The van der Waals surface area contributed by atoms with E-state index in [9.17, 15) is 0 Å². The SMILES string of the molecule is CN1OC1c1ccccn1. The Morgan fingerprint density at radius 3 is 2.90 bits per heavy atom. The summed E-state index contributed by atoms with van der Waals surface area (Å²) in [6.45, 7) is 0. The molecule has 1 aromatic rings. The van der Waals surface area contributed by atoms with E-state index in [-0.39, 0.29) is 6.23 Å². The molecule has 0 saturated carbocycles. The Bertz CT molecular complexity index is 224. The van der Waals surface area contributed by atoms with Crippen LogP contribution in [0.4, 0.5) is 0 Å². The van der Waals surface area contributed by atoms with Gasteiger partial charge >= 0.3 is 0 Å². The first-order chi connectivity index (χ1) is 4.88. The van der Waals surface area contributed by atoms with Gasteiger partial charge in [0.1, 0.15) is 0 Å². The largest absolute Gasteiger partial charge is 0.268 e. The minimum absolute atomic E-state index is 0.0983. The Labute approximate surface area is 59.2 Å². The van der Waals surface area contributed by atoms with Crippen LogP contribution in [0.1, 0.15) is 11.9 Å². The number of rotatable bonds is 1. The molecule has 3 nitrogen and oxygen atoms in total. The second kappa shape index (κ2) is 2.04. The monoisotopic (exact) mass is 136 g/mol. The van der Waals surface area contributed by atoms with E-state index < -0.39 is 0 Å². The van der Waals surface area contributed by atoms with Gasteiger partial charge in [0.25, 0.3) is 0 Å². The molecule has 2 heterocycles. The molecule has 0 amide bonds. The molecule has 1 aliphatic rings. The standard InChI is InChI=1S/C7H8N2O/c1-9-7(10-9)6-4-2-3-5-8-6/h2-5,7H,1H3. The maximum atomic E-state index is 5.07. The number of hydroxylamine groups is 2. The minimum atomic E-state index is 0.0983. The number of nitrogens with zero attached hydrogens (tertiary/aromatic N) is 2. The van der Waals surface area contributed by atoms with Crippen molar-refractivity contribution in [2.45, 2.75) is 6.23 Å². The zero-order valence-corrected chi connectivity index (χ0v) is 5.69. The van der Waals surface area contributed by atoms with Crippen molar-refractivity contribution < 1.29 is 4.84 Å². The summed E-state index contributed by atoms with van der Waals surface area (Å²) in [7, 11) is 1.89. The number of pyridine rings is 1. The fraction of sp³-hybridized carbons (Fsp3) is 0.286. The minimum Gasteiger partial charge on any atom is -0.268 e. The summed E-state index contributed by atoms with van der Waals surface area (Å²) in [6.07, 6.45) is 1.87. The number of hydrogen-bond acceptors (Lipinski definition) is 3. The van der Waals surface area contributed by atoms with E-state index in [1.807, 2.05) is 25.2 Å². The molecular formula is C7H8N2O. The molecule has 10 heavy (non-hydrogen) atoms. The predicted molar refractivity (Wildman–Crippen MR) is 35.8 cm³/mol. The molecule has 52 valence electrons. The van der Waals surface area contributed by atoms with Crippen LogP contribution in [-0.2, 0) is 4.84 Å². The van der Waals surface area contributed by atoms with E-state index in [4.69, 9.17) is 4.84 Å². The average molecular weight is 136 g/mol. The fourth-order valence-electron chi connectivity index (χ4n) is 0.893. The van der Waals surface area contributed by atoms with Crippen LogP contribution in [0.25, 0.3) is 0 Å². The highest BCUT2D eigenvalue weighted by Gasteiger charge is 2.34. The van der Waals surface area contributed by atoms with Gasteiger partial charge in [0.15, 0.2) is 6.23 Å². The lowest BCUT2D eigenvalue weighted by molar-refractivity contribution is 0.233. The van der Waals surface area contributed by atoms with Crippen molar-refractivity contribution in [3.05, 3.63) is 30.1 Å². The molecule has 3 heteroatoms. The second-order valence-electron chi connectivity index (χ2n) is 2.26. The lowest BCUT2D eigenvalue weighted by Crippen LogP contribution is -1.89. The Morgan fingerprint density at radius 2 is 2.40 bits per heavy atom. The summed E-state index contributed by atoms with van der Waals surface area (Å²) in [4.78, 5) is 9.20. The Hall–Kier alpha value is -0.930. The van der Waals surface area contributed by atoms with Gasteiger partial charge in [0.2, 0.25) is 0 Å². The Kier molecular flexibility index (Phi) is 1.19. The van der Waals surface area contributed by atoms with Gasteiger partial charge in [0, 0.05) is 13.2 Å². The second-order valence-corrected chi connectivity index (χ2v) is 2.26. The maximum absolute atomic E-state index is 5.07. The zero-order valence-electron chi connectivity index (χ0n) is 5.69. The van der Waals surface area contributed by atoms with Crippen LogP contribution >= 0.6 is 0 Å². The van der Waals surface area contributed by atoms with Crippen molar-refractivity contribution in [2.75, 3.05) is 7.05 Å². The molecule has 1 aromatic heterocycles. The Morgan fingerprint density at radius 1 is 1.60 bits per heavy atom. The summed E-state index contributed by atoms with van der Waals surface area (Å²) in [6, 6.07) is 5.80. The van der Waals surface area contributed by atoms with Gasteiger partial charge in [-0.1, -0.05) is 6.07 Å². The summed E-state index contributed by atoms with van der Waals surface area (Å²) in [5.41, 5.74) is 0.977. The van der Waals surface area contributed by atoms with E-state index in [1.165, 1.54) is 0 Å². The molecule has 2 atom stereocenters. The normalized spacial score (nSPS) is 30.1. The summed E-state index contributed by atoms with van der Waals surface area (Å²) in [5.74, 6) is 0. The zero-order chi connectivity index (χ0) is 6.97. The van der Waals surface area contributed by atoms with E-state index in [0.29, 0.717) is 0 Å². The van der Waals surface area contributed by atoms with Crippen LogP contribution < -0.4 is 0 Å². The summed E-state index contributed by atoms with van der Waals surface area (Å²) >= 11 is 0. The molecule has 0 aliphatic carbocycles. The van der Waals surface area contributed by atoms with Crippen molar-refractivity contribution >= 4 is 0 Å². The lowest BCUT2D eigenvalue weighted by Gasteiger charge is -1.89. The molecule has 0 radical (unpaired) electrons. The predicted octanol–water partition coefficient (Wildman–Crippen LogP) is 0.957. The quantitative estimate of drug-likeness (QED) is 0.538. The molecule has 0 bridgehead atoms. The molecule has 1 aliphatic heterocycles. The molecule has 2 unspecified atom stereocenters. The van der Waals surface area contributed by atoms with Crippen LogP contribution in [0.15, 0.2) is 24.4 Å². The van der Waals surface area contributed by atoms with E-state index in [1.54, 1.807) is 11.3 Å². The van der Waals surface area contributed by atoms with Crippen LogP contribution in [0.3, 0.4) is 0 Å². The van der Waals surface area contributed by atoms with Gasteiger partial charge in [-0.3, -0.25) is 9.82 Å². The van der Waals surface area contributed by atoms with Crippen LogP contribution in [0.2, 0.25) is 0 Å². The smallest absolute Gasteiger partial charge is 0.196 e. The van der Waals surface area contributed by atoms with Crippen LogP contribution in [0, 0.1) is 0 Å². The Balaban J connectivity index is 2.20. The summed E-state index contributed by atoms with van der Waals surface area (Å²) < 4.78 is 0. The third kappa shape index (κ3) is 0.894. The molecule has 1 saturated heterocycles. The molecule has 0 aromatic carbocycles. The van der Waals surface area contributed by atoms with Gasteiger partial charge in [-0.25, -0.2) is 0 Å². The van der Waals surface area contributed by atoms with Crippen molar-refractivity contribution in [3.63, 3.8) is 0 Å². The third-order valence-electron chi connectivity index (χ3n) is 1.49. The molecule has 0 N–H and O–H groups in total. The third-order valence-corrected chi connectivity index (χ3v) is 1.49. The lowest BCUT2D eigenvalue weighted by atomic mass is 10.3. The van der Waals surface area contributed by atoms with Crippen LogP contribution in [-0.4, -0.2) is 17.1 Å². The van der Waals surface area contributed by atoms with Gasteiger partial charge < -0.3 is 0 Å². The maximum Gasteiger partial charge on any atom is 0.196 e. The van der Waals surface area contributed by atoms with Gasteiger partial charge in [0.05, 0.1) is 5.69 Å². The molecular weight excluding hydrogens is 128 g/mol. The van der Waals surface area contributed by atoms with Crippen LogP contribution in [0.5, 0.6) is 0 Å². The van der Waals surface area contributed by atoms with E-state index >= 15 is 0 Å². The molecule has 1 fully saturated rings. The fourth-order valence-corrected chi connectivity index (χ4v) is 0.893. The van der Waals surface area contributed by atoms with Gasteiger partial charge in [-0.05, 0) is 12.1 Å². The van der Waals surface area contributed by atoms with E-state index in [0.717, 1.165) is 5.69 Å². The topological polar surface area (TPSA) is 28.4 Å². The number of hydrogen-bond donors (Lipinski definition) is 0. The summed E-state index contributed by atoms with van der Waals surface area (Å²) in [5, 5.41) is 1.77. The van der Waals surface area contributed by atoms with Crippen molar-refractivity contribution in [3.8, 4) is 0 Å².